The second-order valence-corrected chi connectivity index (χ2v) is 5.83. The summed E-state index contributed by atoms with van der Waals surface area (Å²) in [7, 11) is 1.86. The molecule has 3 aromatic heterocycles. The molecule has 4 aromatic rings. The molecule has 128 valence electrons. The van der Waals surface area contributed by atoms with E-state index in [1.807, 2.05) is 17.7 Å². The number of benzene rings is 1. The molecule has 0 N–H and O–H groups in total. The lowest BCUT2D eigenvalue weighted by atomic mass is 10.0. The average molecular weight is 349 g/mol. The van der Waals surface area contributed by atoms with Gasteiger partial charge in [-0.05, 0) is 19.0 Å². The van der Waals surface area contributed by atoms with Crippen molar-refractivity contribution in [1.82, 2.24) is 19.5 Å². The summed E-state index contributed by atoms with van der Waals surface area (Å²) in [6.07, 6.45) is 6.31. The number of rotatable bonds is 4. The molecule has 0 aliphatic rings. The van der Waals surface area contributed by atoms with Crippen molar-refractivity contribution in [3.05, 3.63) is 78.0 Å². The predicted molar refractivity (Wildman–Crippen MR) is 101 cm³/mol. The second-order valence-electron chi connectivity index (χ2n) is 5.83. The molecular formula is C21H18N4O. The van der Waals surface area contributed by atoms with Crippen LogP contribution in [0.15, 0.2) is 61.2 Å². The number of aromatic nitrogens is 4. The summed E-state index contributed by atoms with van der Waals surface area (Å²) < 4.78 is 56.5. The Hall–Kier alpha value is -3.34. The van der Waals surface area contributed by atoms with Crippen molar-refractivity contribution >= 4 is 16.7 Å². The third-order valence-corrected chi connectivity index (χ3v) is 3.98. The number of hydrogen-bond donors (Lipinski definition) is 0. The van der Waals surface area contributed by atoms with E-state index in [0.717, 1.165) is 16.6 Å². The SMILES string of the molecule is [2H]c1c([2H])c(C([2H])([2H])[2H])c([2H])c([2H])c1C(=O)Cc1cc2cc(-c3cncn3C)cnc2cn1. The van der Waals surface area contributed by atoms with Crippen LogP contribution in [0.4, 0.5) is 0 Å². The smallest absolute Gasteiger partial charge is 0.168 e. The molecule has 26 heavy (non-hydrogen) atoms. The highest BCUT2D eigenvalue weighted by Crippen LogP contribution is 2.22. The van der Waals surface area contributed by atoms with E-state index >= 15 is 0 Å². The largest absolute Gasteiger partial charge is 0.334 e. The summed E-state index contributed by atoms with van der Waals surface area (Å²) in [6, 6.07) is 0.733. The van der Waals surface area contributed by atoms with Crippen LogP contribution in [0.3, 0.4) is 0 Å². The Morgan fingerprint density at radius 3 is 2.73 bits per heavy atom. The molecule has 1 aromatic carbocycles. The second kappa shape index (κ2) is 6.52. The van der Waals surface area contributed by atoms with Crippen molar-refractivity contribution in [3.63, 3.8) is 0 Å². The number of Topliss-reactive ketones (excluding diaryl/α,β-unsaturated/α-hetero) is 1. The van der Waals surface area contributed by atoms with Gasteiger partial charge in [0.15, 0.2) is 5.78 Å². The number of carbonyl (C=O) groups is 1. The first kappa shape index (κ1) is 9.97. The van der Waals surface area contributed by atoms with Gasteiger partial charge in [-0.2, -0.15) is 0 Å². The quantitative estimate of drug-likeness (QED) is 0.526. The minimum Gasteiger partial charge on any atom is -0.334 e. The van der Waals surface area contributed by atoms with Crippen LogP contribution in [0.5, 0.6) is 0 Å². The molecule has 0 aliphatic heterocycles. The van der Waals surface area contributed by atoms with Crippen molar-refractivity contribution in [1.29, 1.82) is 0 Å². The number of imidazole rings is 1. The molecule has 5 heteroatoms. The van der Waals surface area contributed by atoms with E-state index in [1.54, 1.807) is 24.8 Å². The molecule has 0 fully saturated rings. The monoisotopic (exact) mass is 349 g/mol. The zero-order chi connectivity index (χ0) is 24.1. The number of fused-ring (bicyclic) bond motifs is 1. The van der Waals surface area contributed by atoms with Gasteiger partial charge in [0.05, 0.1) is 41.8 Å². The molecule has 3 heterocycles. The minimum absolute atomic E-state index is 0.282. The molecule has 0 spiro atoms. The standard InChI is InChI=1S/C21H18N4O/c1-14-3-5-15(6-4-14)21(26)9-18-8-16-7-17(10-24-19(16)11-23-18)20-12-22-13-25(20)2/h3-8,10-13H,9H2,1-2H3/i1D3,3D,4D,5D,6D. The van der Waals surface area contributed by atoms with Crippen LogP contribution in [0.1, 0.15) is 31.2 Å². The number of ketones is 1. The summed E-state index contributed by atoms with van der Waals surface area (Å²) in [5.41, 5.74) is 1.49. The van der Waals surface area contributed by atoms with Gasteiger partial charge in [0.25, 0.3) is 0 Å². The van der Waals surface area contributed by atoms with E-state index in [4.69, 9.17) is 9.60 Å². The van der Waals surface area contributed by atoms with E-state index in [1.165, 1.54) is 6.20 Å². The Bertz CT molecular complexity index is 1380. The Morgan fingerprint density at radius 2 is 2.00 bits per heavy atom. The van der Waals surface area contributed by atoms with Gasteiger partial charge in [0.1, 0.15) is 0 Å². The zero-order valence-corrected chi connectivity index (χ0v) is 13.9. The van der Waals surface area contributed by atoms with Gasteiger partial charge < -0.3 is 4.57 Å². The molecule has 0 amide bonds. The minimum atomic E-state index is -2.83. The van der Waals surface area contributed by atoms with Crippen LogP contribution in [-0.2, 0) is 13.5 Å². The van der Waals surface area contributed by atoms with Gasteiger partial charge in [-0.3, -0.25) is 14.8 Å². The van der Waals surface area contributed by atoms with Crippen LogP contribution < -0.4 is 0 Å². The Labute approximate surface area is 161 Å². The van der Waals surface area contributed by atoms with Gasteiger partial charge >= 0.3 is 0 Å². The van der Waals surface area contributed by atoms with Crippen LogP contribution >= 0.6 is 0 Å². The first-order valence-electron chi connectivity index (χ1n) is 11.3. The number of aryl methyl sites for hydroxylation is 1. The third-order valence-electron chi connectivity index (χ3n) is 3.98. The van der Waals surface area contributed by atoms with Crippen molar-refractivity contribution in [2.75, 3.05) is 0 Å². The van der Waals surface area contributed by atoms with Gasteiger partial charge in [-0.25, -0.2) is 4.98 Å². The number of pyridine rings is 2. The highest BCUT2D eigenvalue weighted by molar-refractivity contribution is 5.97. The molecular weight excluding hydrogens is 324 g/mol. The normalized spacial score (nSPS) is 15.3. The molecule has 4 rings (SSSR count). The maximum absolute atomic E-state index is 12.9. The fourth-order valence-electron chi connectivity index (χ4n) is 2.65. The van der Waals surface area contributed by atoms with Gasteiger partial charge in [-0.15, -0.1) is 0 Å². The summed E-state index contributed by atoms with van der Waals surface area (Å²) in [4.78, 5) is 25.7. The zero-order valence-electron chi connectivity index (χ0n) is 20.9. The lowest BCUT2D eigenvalue weighted by molar-refractivity contribution is 0.0992. The molecule has 5 nitrogen and oxygen atoms in total. The predicted octanol–water partition coefficient (Wildman–Crippen LogP) is 3.76. The number of nitrogens with zero attached hydrogens (tertiary/aromatic N) is 4. The highest BCUT2D eigenvalue weighted by atomic mass is 16.1. The molecule has 0 atom stereocenters. The first-order valence-corrected chi connectivity index (χ1v) is 7.84. The molecule has 0 saturated carbocycles. The number of hydrogen-bond acceptors (Lipinski definition) is 4. The molecule has 0 aliphatic carbocycles. The van der Waals surface area contributed by atoms with Crippen molar-refractivity contribution in [2.45, 2.75) is 13.3 Å². The van der Waals surface area contributed by atoms with E-state index in [9.17, 15) is 4.79 Å². The van der Waals surface area contributed by atoms with Crippen molar-refractivity contribution in [3.8, 4) is 11.3 Å². The van der Waals surface area contributed by atoms with Gasteiger partial charge in [0, 0.05) is 39.6 Å². The van der Waals surface area contributed by atoms with E-state index in [0.29, 0.717) is 11.2 Å². The Balaban J connectivity index is 1.72. The summed E-state index contributed by atoms with van der Waals surface area (Å²) in [6.45, 7) is -2.83. The lowest BCUT2D eigenvalue weighted by Gasteiger charge is -2.06. The van der Waals surface area contributed by atoms with E-state index in [2.05, 4.69) is 15.0 Å². The number of carbonyl (C=O) groups excluding carboxylic acids is 1. The fraction of sp³-hybridized carbons (Fsp3) is 0.143. The van der Waals surface area contributed by atoms with Gasteiger partial charge in [0.2, 0.25) is 0 Å². The summed E-state index contributed by atoms with van der Waals surface area (Å²) in [5.74, 6) is -0.688. The van der Waals surface area contributed by atoms with E-state index < -0.39 is 47.9 Å². The Kier molecular flexibility index (Phi) is 2.50. The van der Waals surface area contributed by atoms with Crippen LogP contribution in [0, 0.1) is 6.85 Å². The molecule has 0 saturated heterocycles. The maximum atomic E-state index is 12.9. The maximum Gasteiger partial charge on any atom is 0.168 e. The fourth-order valence-corrected chi connectivity index (χ4v) is 2.65. The summed E-state index contributed by atoms with van der Waals surface area (Å²) >= 11 is 0. The van der Waals surface area contributed by atoms with Crippen molar-refractivity contribution < 1.29 is 14.4 Å². The van der Waals surface area contributed by atoms with Crippen LogP contribution in [0.2, 0.25) is 0 Å². The Morgan fingerprint density at radius 1 is 1.15 bits per heavy atom. The molecule has 0 unspecified atom stereocenters. The van der Waals surface area contributed by atoms with Gasteiger partial charge in [-0.1, -0.05) is 29.7 Å². The first-order chi connectivity index (χ1) is 15.5. The van der Waals surface area contributed by atoms with E-state index in [-0.39, 0.29) is 6.42 Å². The lowest BCUT2D eigenvalue weighted by Crippen LogP contribution is -2.05. The summed E-state index contributed by atoms with van der Waals surface area (Å²) in [5, 5.41) is 0.726. The topological polar surface area (TPSA) is 60.7 Å². The average Bonchev–Trinajstić information content (AvgIpc) is 3.17. The highest BCUT2D eigenvalue weighted by Gasteiger charge is 2.10. The van der Waals surface area contributed by atoms with Crippen LogP contribution in [0.25, 0.3) is 22.2 Å². The molecule has 0 radical (unpaired) electrons. The molecule has 0 bridgehead atoms. The van der Waals surface area contributed by atoms with Crippen LogP contribution in [-0.4, -0.2) is 25.3 Å². The third kappa shape index (κ3) is 3.11. The van der Waals surface area contributed by atoms with Crippen molar-refractivity contribution in [2.24, 2.45) is 7.05 Å².